The van der Waals surface area contributed by atoms with E-state index in [1.807, 2.05) is 0 Å². The number of halogens is 4. The van der Waals surface area contributed by atoms with Gasteiger partial charge < -0.3 is 5.73 Å². The molecule has 1 aliphatic rings. The van der Waals surface area contributed by atoms with Crippen LogP contribution in [0.1, 0.15) is 17.9 Å². The van der Waals surface area contributed by atoms with E-state index < -0.39 is 37.0 Å². The first kappa shape index (κ1) is 12.2. The minimum atomic E-state index is -2.03. The summed E-state index contributed by atoms with van der Waals surface area (Å²) in [5, 5.41) is 0. The van der Waals surface area contributed by atoms with Crippen LogP contribution in [0.2, 0.25) is 0 Å². The lowest BCUT2D eigenvalue weighted by atomic mass is 9.79. The third-order valence-electron chi connectivity index (χ3n) is 3.12. The molecule has 0 spiro atoms. The van der Waals surface area contributed by atoms with Crippen molar-refractivity contribution in [2.24, 2.45) is 0 Å². The second kappa shape index (κ2) is 4.55. The van der Waals surface area contributed by atoms with Crippen molar-refractivity contribution in [3.8, 4) is 0 Å². The molecule has 17 heavy (non-hydrogen) atoms. The molecule has 1 saturated carbocycles. The zero-order chi connectivity index (χ0) is 12.6. The fourth-order valence-corrected chi connectivity index (χ4v) is 2.23. The standard InChI is InChI=1S/C12H13F4N/c13-8-5-9(14)12(16)10(11(8)15)6-2-1-3-7(17)4-6/h1-4,8-12H,5,17H2/t8-,9+,10?,11-,12+. The Morgan fingerprint density at radius 1 is 1.00 bits per heavy atom. The lowest BCUT2D eigenvalue weighted by Crippen LogP contribution is -2.43. The van der Waals surface area contributed by atoms with E-state index in [1.165, 1.54) is 18.2 Å². The highest BCUT2D eigenvalue weighted by atomic mass is 19.2. The average molecular weight is 247 g/mol. The molecule has 2 rings (SSSR count). The van der Waals surface area contributed by atoms with E-state index in [0.717, 1.165) is 0 Å². The lowest BCUT2D eigenvalue weighted by Gasteiger charge is -2.34. The molecule has 1 aliphatic carbocycles. The van der Waals surface area contributed by atoms with Gasteiger partial charge in [-0.2, -0.15) is 0 Å². The summed E-state index contributed by atoms with van der Waals surface area (Å²) < 4.78 is 53.8. The van der Waals surface area contributed by atoms with Gasteiger partial charge in [0.25, 0.3) is 0 Å². The minimum absolute atomic E-state index is 0.204. The molecule has 1 aromatic carbocycles. The zero-order valence-electron chi connectivity index (χ0n) is 8.99. The molecule has 1 unspecified atom stereocenters. The van der Waals surface area contributed by atoms with Gasteiger partial charge in [0.05, 0.1) is 5.92 Å². The van der Waals surface area contributed by atoms with Crippen LogP contribution in [0.4, 0.5) is 23.2 Å². The van der Waals surface area contributed by atoms with E-state index in [4.69, 9.17) is 5.73 Å². The van der Waals surface area contributed by atoms with E-state index >= 15 is 0 Å². The molecule has 0 aromatic heterocycles. The van der Waals surface area contributed by atoms with Crippen LogP contribution in [0.15, 0.2) is 24.3 Å². The predicted octanol–water partition coefficient (Wildman–Crippen LogP) is 3.11. The first-order valence-corrected chi connectivity index (χ1v) is 5.42. The third kappa shape index (κ3) is 2.23. The SMILES string of the molecule is Nc1cccc(C2[C@@H](F)[C@@H](F)C[C@@H](F)[C@H]2F)c1. The van der Waals surface area contributed by atoms with E-state index in [2.05, 4.69) is 0 Å². The monoisotopic (exact) mass is 247 g/mol. The highest BCUT2D eigenvalue weighted by Crippen LogP contribution is 2.40. The van der Waals surface area contributed by atoms with Gasteiger partial charge in [0.1, 0.15) is 24.7 Å². The first-order valence-electron chi connectivity index (χ1n) is 5.42. The number of alkyl halides is 4. The number of hydrogen-bond donors (Lipinski definition) is 1. The third-order valence-corrected chi connectivity index (χ3v) is 3.12. The van der Waals surface area contributed by atoms with E-state index in [0.29, 0.717) is 5.69 Å². The molecule has 5 atom stereocenters. The van der Waals surface area contributed by atoms with Gasteiger partial charge in [0.15, 0.2) is 0 Å². The summed E-state index contributed by atoms with van der Waals surface area (Å²) in [5.74, 6) is -1.42. The van der Waals surface area contributed by atoms with Crippen molar-refractivity contribution in [1.29, 1.82) is 0 Å². The number of benzene rings is 1. The van der Waals surface area contributed by atoms with Crippen LogP contribution in [-0.2, 0) is 0 Å². The quantitative estimate of drug-likeness (QED) is 0.599. The van der Waals surface area contributed by atoms with Gasteiger partial charge in [-0.3, -0.25) is 0 Å². The molecule has 0 amide bonds. The van der Waals surface area contributed by atoms with Crippen molar-refractivity contribution in [3.63, 3.8) is 0 Å². The van der Waals surface area contributed by atoms with Crippen molar-refractivity contribution in [1.82, 2.24) is 0 Å². The largest absolute Gasteiger partial charge is 0.399 e. The smallest absolute Gasteiger partial charge is 0.141 e. The van der Waals surface area contributed by atoms with Crippen LogP contribution in [0, 0.1) is 0 Å². The first-order chi connectivity index (χ1) is 8.00. The van der Waals surface area contributed by atoms with E-state index in [-0.39, 0.29) is 5.56 Å². The normalized spacial score (nSPS) is 38.0. The van der Waals surface area contributed by atoms with Crippen molar-refractivity contribution in [2.75, 3.05) is 5.73 Å². The zero-order valence-corrected chi connectivity index (χ0v) is 8.99. The Kier molecular flexibility index (Phi) is 3.26. The summed E-state index contributed by atoms with van der Waals surface area (Å²) >= 11 is 0. The van der Waals surface area contributed by atoms with Gasteiger partial charge in [-0.1, -0.05) is 12.1 Å². The molecule has 1 nitrogen and oxygen atoms in total. The van der Waals surface area contributed by atoms with Crippen LogP contribution in [0.25, 0.3) is 0 Å². The molecular formula is C12H13F4N. The Balaban J connectivity index is 2.34. The van der Waals surface area contributed by atoms with Crippen LogP contribution in [0.5, 0.6) is 0 Å². The molecular weight excluding hydrogens is 234 g/mol. The van der Waals surface area contributed by atoms with Crippen molar-refractivity contribution in [3.05, 3.63) is 29.8 Å². The molecule has 0 saturated heterocycles. The second-order valence-electron chi connectivity index (χ2n) is 4.35. The van der Waals surface area contributed by atoms with Gasteiger partial charge in [-0.25, -0.2) is 17.6 Å². The molecule has 0 radical (unpaired) electrons. The van der Waals surface area contributed by atoms with Crippen LogP contribution in [-0.4, -0.2) is 24.7 Å². The van der Waals surface area contributed by atoms with Gasteiger partial charge in [0, 0.05) is 12.1 Å². The van der Waals surface area contributed by atoms with Crippen LogP contribution in [0.3, 0.4) is 0 Å². The number of rotatable bonds is 1. The van der Waals surface area contributed by atoms with Gasteiger partial charge in [-0.05, 0) is 17.7 Å². The lowest BCUT2D eigenvalue weighted by molar-refractivity contribution is -0.00569. The summed E-state index contributed by atoms with van der Waals surface area (Å²) in [6.07, 6.45) is -8.72. The predicted molar refractivity (Wildman–Crippen MR) is 57.8 cm³/mol. The Bertz CT molecular complexity index is 384. The number of nitrogen functional groups attached to an aromatic ring is 1. The number of nitrogens with two attached hydrogens (primary N) is 1. The molecule has 5 heteroatoms. The molecule has 0 bridgehead atoms. The molecule has 0 heterocycles. The summed E-state index contributed by atoms with van der Waals surface area (Å²) in [6, 6.07) is 5.85. The van der Waals surface area contributed by atoms with Crippen molar-refractivity contribution in [2.45, 2.75) is 37.0 Å². The topological polar surface area (TPSA) is 26.0 Å². The Morgan fingerprint density at radius 3 is 2.12 bits per heavy atom. The molecule has 2 N–H and O–H groups in total. The highest BCUT2D eigenvalue weighted by Gasteiger charge is 2.47. The molecule has 1 aromatic rings. The van der Waals surface area contributed by atoms with Gasteiger partial charge in [0.2, 0.25) is 0 Å². The van der Waals surface area contributed by atoms with Crippen molar-refractivity contribution < 1.29 is 17.6 Å². The summed E-state index contributed by atoms with van der Waals surface area (Å²) in [4.78, 5) is 0. The highest BCUT2D eigenvalue weighted by molar-refractivity contribution is 5.42. The Labute approximate surface area is 96.6 Å². The Morgan fingerprint density at radius 2 is 1.59 bits per heavy atom. The minimum Gasteiger partial charge on any atom is -0.399 e. The number of hydrogen-bond acceptors (Lipinski definition) is 1. The fraction of sp³-hybridized carbons (Fsp3) is 0.500. The van der Waals surface area contributed by atoms with Crippen LogP contribution < -0.4 is 5.73 Å². The second-order valence-corrected chi connectivity index (χ2v) is 4.35. The summed E-state index contributed by atoms with van der Waals surface area (Å²) in [7, 11) is 0. The van der Waals surface area contributed by atoms with E-state index in [1.54, 1.807) is 6.07 Å². The maximum Gasteiger partial charge on any atom is 0.141 e. The average Bonchev–Trinajstić information content (AvgIpc) is 2.27. The fourth-order valence-electron chi connectivity index (χ4n) is 2.23. The summed E-state index contributed by atoms with van der Waals surface area (Å²) in [6.45, 7) is 0. The van der Waals surface area contributed by atoms with Crippen molar-refractivity contribution >= 4 is 5.69 Å². The summed E-state index contributed by atoms with van der Waals surface area (Å²) in [5.41, 5.74) is 6.01. The van der Waals surface area contributed by atoms with Crippen LogP contribution >= 0.6 is 0 Å². The van der Waals surface area contributed by atoms with Gasteiger partial charge >= 0.3 is 0 Å². The molecule has 1 fully saturated rings. The Hall–Kier alpha value is -1.26. The maximum atomic E-state index is 13.7. The van der Waals surface area contributed by atoms with E-state index in [9.17, 15) is 17.6 Å². The molecule has 94 valence electrons. The molecule has 0 aliphatic heterocycles. The number of anilines is 1. The maximum absolute atomic E-state index is 13.7. The van der Waals surface area contributed by atoms with Gasteiger partial charge in [-0.15, -0.1) is 0 Å².